The fourth-order valence-corrected chi connectivity index (χ4v) is 7.76. The fraction of sp³-hybridized carbons (Fsp3) is 0.615. The summed E-state index contributed by atoms with van der Waals surface area (Å²) < 4.78 is 2.16. The zero-order valence-corrected chi connectivity index (χ0v) is 18.1. The van der Waals surface area contributed by atoms with Gasteiger partial charge in [0, 0.05) is 11.1 Å². The van der Waals surface area contributed by atoms with E-state index < -0.39 is 0 Å². The van der Waals surface area contributed by atoms with Crippen LogP contribution in [0.2, 0.25) is 0 Å². The van der Waals surface area contributed by atoms with Gasteiger partial charge in [0.1, 0.15) is 5.52 Å². The normalized spacial score (nSPS) is 41.3. The van der Waals surface area contributed by atoms with E-state index in [4.69, 9.17) is 0 Å². The van der Waals surface area contributed by atoms with Crippen LogP contribution in [0.4, 0.5) is 0 Å². The number of hydrogen-bond donors (Lipinski definition) is 0. The third-order valence-electron chi connectivity index (χ3n) is 9.47. The molecule has 0 amide bonds. The van der Waals surface area contributed by atoms with Gasteiger partial charge in [-0.3, -0.25) is 0 Å². The summed E-state index contributed by atoms with van der Waals surface area (Å²) in [5, 5.41) is 9.04. The highest BCUT2D eigenvalue weighted by Crippen LogP contribution is 2.65. The minimum atomic E-state index is 0.224. The molecule has 2 aromatic rings. The third-order valence-corrected chi connectivity index (χ3v) is 9.47. The Bertz CT molecular complexity index is 1030. The van der Waals surface area contributed by atoms with Crippen molar-refractivity contribution in [3.63, 3.8) is 0 Å². The summed E-state index contributed by atoms with van der Waals surface area (Å²) in [7, 11) is 0. The van der Waals surface area contributed by atoms with Crippen molar-refractivity contribution in [2.75, 3.05) is 0 Å². The van der Waals surface area contributed by atoms with Crippen molar-refractivity contribution in [1.29, 1.82) is 0 Å². The Hall–Kier alpha value is -1.90. The van der Waals surface area contributed by atoms with Crippen molar-refractivity contribution in [1.82, 2.24) is 15.0 Å². The zero-order chi connectivity index (χ0) is 19.8. The summed E-state index contributed by atoms with van der Waals surface area (Å²) in [6.07, 6.45) is 14.5. The summed E-state index contributed by atoms with van der Waals surface area (Å²) in [4.78, 5) is 0. The second-order valence-electron chi connectivity index (χ2n) is 10.9. The van der Waals surface area contributed by atoms with Crippen LogP contribution in [0.25, 0.3) is 16.7 Å². The van der Waals surface area contributed by atoms with Crippen LogP contribution in [0.3, 0.4) is 0 Å². The van der Waals surface area contributed by atoms with Crippen molar-refractivity contribution in [3.8, 4) is 0 Å². The Labute approximate surface area is 174 Å². The van der Waals surface area contributed by atoms with Gasteiger partial charge in [0.2, 0.25) is 0 Å². The van der Waals surface area contributed by atoms with Gasteiger partial charge < -0.3 is 0 Å². The molecule has 0 spiro atoms. The van der Waals surface area contributed by atoms with Crippen LogP contribution in [-0.4, -0.2) is 15.0 Å². The molecule has 0 bridgehead atoms. The molecule has 1 heterocycles. The number of aromatic nitrogens is 3. The van der Waals surface area contributed by atoms with E-state index in [-0.39, 0.29) is 5.41 Å². The predicted octanol–water partition coefficient (Wildman–Crippen LogP) is 6.48. The van der Waals surface area contributed by atoms with Gasteiger partial charge in [-0.2, -0.15) is 0 Å². The Morgan fingerprint density at radius 1 is 0.966 bits per heavy atom. The monoisotopic (exact) mass is 387 g/mol. The first-order valence-corrected chi connectivity index (χ1v) is 11.7. The lowest BCUT2D eigenvalue weighted by molar-refractivity contribution is -0.0153. The van der Waals surface area contributed by atoms with E-state index in [0.717, 1.165) is 34.7 Å². The van der Waals surface area contributed by atoms with Crippen LogP contribution in [0.5, 0.6) is 0 Å². The molecule has 3 unspecified atom stereocenters. The minimum absolute atomic E-state index is 0.224. The Morgan fingerprint density at radius 3 is 2.69 bits per heavy atom. The van der Waals surface area contributed by atoms with Crippen LogP contribution in [0.1, 0.15) is 65.7 Å². The Kier molecular flexibility index (Phi) is 3.74. The largest absolute Gasteiger partial charge is 0.217 e. The van der Waals surface area contributed by atoms with Crippen LogP contribution in [0.15, 0.2) is 42.0 Å². The molecule has 4 aliphatic rings. The summed E-state index contributed by atoms with van der Waals surface area (Å²) in [5.74, 6) is 3.31. The molecule has 2 saturated carbocycles. The molecule has 1 aromatic heterocycles. The molecule has 3 heteroatoms. The highest BCUT2D eigenvalue weighted by atomic mass is 15.4. The number of benzene rings is 1. The lowest BCUT2D eigenvalue weighted by Gasteiger charge is -2.57. The molecule has 152 valence electrons. The maximum absolute atomic E-state index is 4.59. The lowest BCUT2D eigenvalue weighted by Crippen LogP contribution is -2.49. The van der Waals surface area contributed by atoms with E-state index in [9.17, 15) is 0 Å². The average molecular weight is 388 g/mol. The Morgan fingerprint density at radius 2 is 1.79 bits per heavy atom. The standard InChI is InChI=1S/C26H33N3/c1-17-12-14-25(2)18(16-17)8-9-19-20-10-11-24(26(20,3)15-13-21(19)25)29-23-7-5-4-6-22(23)27-28-29/h4-8,11,17,19-21H,9-10,12-16H2,1-3H3/t17-,19?,20?,21?,25-,26-/m0/s1. The maximum Gasteiger partial charge on any atom is 0.113 e. The number of nitrogens with zero attached hydrogens (tertiary/aromatic N) is 3. The van der Waals surface area contributed by atoms with Gasteiger partial charge in [0.15, 0.2) is 0 Å². The second-order valence-corrected chi connectivity index (χ2v) is 10.9. The summed E-state index contributed by atoms with van der Waals surface area (Å²) in [6, 6.07) is 8.40. The quantitative estimate of drug-likeness (QED) is 0.524. The first-order valence-electron chi connectivity index (χ1n) is 11.7. The SMILES string of the molecule is C[C@H]1CC[C@@]2(C)C(=CCC3C2CC[C@]2(C)C(n4nnc5ccccc54)=CCC32)C1. The number of fused-ring (bicyclic) bond motifs is 6. The predicted molar refractivity (Wildman–Crippen MR) is 118 cm³/mol. The van der Waals surface area contributed by atoms with E-state index in [1.807, 2.05) is 0 Å². The van der Waals surface area contributed by atoms with Gasteiger partial charge in [0.25, 0.3) is 0 Å². The summed E-state index contributed by atoms with van der Waals surface area (Å²) in [5.41, 5.74) is 6.05. The van der Waals surface area contributed by atoms with Crippen LogP contribution >= 0.6 is 0 Å². The number of para-hydroxylation sites is 1. The van der Waals surface area contributed by atoms with Gasteiger partial charge in [-0.05, 0) is 86.2 Å². The molecule has 6 atom stereocenters. The molecule has 3 nitrogen and oxygen atoms in total. The van der Waals surface area contributed by atoms with Gasteiger partial charge in [-0.1, -0.05) is 55.8 Å². The molecular weight excluding hydrogens is 354 g/mol. The highest BCUT2D eigenvalue weighted by molar-refractivity contribution is 5.79. The van der Waals surface area contributed by atoms with E-state index in [2.05, 4.69) is 72.2 Å². The number of allylic oxidation sites excluding steroid dienone is 4. The van der Waals surface area contributed by atoms with E-state index >= 15 is 0 Å². The first kappa shape index (κ1) is 17.9. The third kappa shape index (κ3) is 2.36. The van der Waals surface area contributed by atoms with Crippen LogP contribution < -0.4 is 0 Å². The molecule has 0 N–H and O–H groups in total. The second kappa shape index (κ2) is 6.06. The minimum Gasteiger partial charge on any atom is -0.217 e. The van der Waals surface area contributed by atoms with Gasteiger partial charge in [0.05, 0.1) is 5.52 Å². The van der Waals surface area contributed by atoms with Gasteiger partial charge in [-0.25, -0.2) is 4.68 Å². The smallest absolute Gasteiger partial charge is 0.113 e. The summed E-state index contributed by atoms with van der Waals surface area (Å²) >= 11 is 0. The van der Waals surface area contributed by atoms with Gasteiger partial charge >= 0.3 is 0 Å². The topological polar surface area (TPSA) is 30.7 Å². The van der Waals surface area contributed by atoms with Crippen molar-refractivity contribution in [2.24, 2.45) is 34.5 Å². The van der Waals surface area contributed by atoms with E-state index in [0.29, 0.717) is 5.41 Å². The van der Waals surface area contributed by atoms with Gasteiger partial charge in [-0.15, -0.1) is 5.10 Å². The molecule has 2 fully saturated rings. The van der Waals surface area contributed by atoms with Crippen molar-refractivity contribution in [3.05, 3.63) is 42.0 Å². The molecule has 4 aliphatic carbocycles. The first-order chi connectivity index (χ1) is 14.0. The highest BCUT2D eigenvalue weighted by Gasteiger charge is 2.57. The molecule has 1 aromatic carbocycles. The Balaban J connectivity index is 1.36. The molecule has 0 radical (unpaired) electrons. The van der Waals surface area contributed by atoms with Crippen LogP contribution in [0, 0.1) is 34.5 Å². The van der Waals surface area contributed by atoms with Crippen molar-refractivity contribution < 1.29 is 0 Å². The zero-order valence-electron chi connectivity index (χ0n) is 18.1. The molecular formula is C26H33N3. The van der Waals surface area contributed by atoms with Crippen LogP contribution in [-0.2, 0) is 0 Å². The lowest BCUT2D eigenvalue weighted by atomic mass is 9.47. The van der Waals surface area contributed by atoms with Crippen molar-refractivity contribution in [2.45, 2.75) is 65.7 Å². The summed E-state index contributed by atoms with van der Waals surface area (Å²) in [6.45, 7) is 7.58. The van der Waals surface area contributed by atoms with Crippen molar-refractivity contribution >= 4 is 16.7 Å². The maximum atomic E-state index is 4.59. The number of rotatable bonds is 1. The molecule has 6 rings (SSSR count). The van der Waals surface area contributed by atoms with E-state index in [1.165, 1.54) is 50.6 Å². The van der Waals surface area contributed by atoms with E-state index in [1.54, 1.807) is 5.57 Å². The molecule has 0 saturated heterocycles. The molecule has 0 aliphatic heterocycles. The fourth-order valence-electron chi connectivity index (χ4n) is 7.76. The molecule has 29 heavy (non-hydrogen) atoms. The average Bonchev–Trinajstić information content (AvgIpc) is 3.29. The number of hydrogen-bond acceptors (Lipinski definition) is 2.